The molecule has 1 aromatic carbocycles. The second kappa shape index (κ2) is 6.33. The van der Waals surface area contributed by atoms with Crippen molar-refractivity contribution < 1.29 is 14.7 Å². The third-order valence-electron chi connectivity index (χ3n) is 3.37. The molecule has 0 radical (unpaired) electrons. The van der Waals surface area contributed by atoms with E-state index in [1.165, 1.54) is 0 Å². The minimum Gasteiger partial charge on any atom is -0.479 e. The summed E-state index contributed by atoms with van der Waals surface area (Å²) in [5.74, 6) is -1.54. The largest absolute Gasteiger partial charge is 0.479 e. The standard InChI is InChI=1S/C14H20N2O3/c1-3-14(15,4-2)13(19)16-11(12(17)18)10-8-6-5-7-9-10/h5-9,11H,3-4,15H2,1-2H3,(H,16,19)(H,17,18)/t11-/m1/s1. The van der Waals surface area contributed by atoms with Crippen LogP contribution in [0, 0.1) is 0 Å². The Morgan fingerprint density at radius 2 is 1.79 bits per heavy atom. The fourth-order valence-corrected chi connectivity index (χ4v) is 1.78. The van der Waals surface area contributed by atoms with Gasteiger partial charge in [-0.2, -0.15) is 0 Å². The second-order valence-electron chi connectivity index (χ2n) is 4.52. The summed E-state index contributed by atoms with van der Waals surface area (Å²) in [5, 5.41) is 11.7. The number of amides is 1. The molecule has 5 heteroatoms. The quantitative estimate of drug-likeness (QED) is 0.725. The number of carbonyl (C=O) groups is 2. The maximum absolute atomic E-state index is 12.1. The van der Waals surface area contributed by atoms with Crippen LogP contribution in [-0.2, 0) is 9.59 Å². The molecule has 0 heterocycles. The van der Waals surface area contributed by atoms with Crippen molar-refractivity contribution in [3.8, 4) is 0 Å². The monoisotopic (exact) mass is 264 g/mol. The fraction of sp³-hybridized carbons (Fsp3) is 0.429. The van der Waals surface area contributed by atoms with Crippen molar-refractivity contribution >= 4 is 11.9 Å². The zero-order valence-electron chi connectivity index (χ0n) is 11.2. The summed E-state index contributed by atoms with van der Waals surface area (Å²) in [5.41, 5.74) is 5.46. The van der Waals surface area contributed by atoms with Crippen molar-refractivity contribution in [2.75, 3.05) is 0 Å². The zero-order chi connectivity index (χ0) is 14.5. The molecule has 0 unspecified atom stereocenters. The maximum Gasteiger partial charge on any atom is 0.330 e. The van der Waals surface area contributed by atoms with Gasteiger partial charge in [-0.1, -0.05) is 44.2 Å². The molecule has 0 aliphatic rings. The first kappa shape index (κ1) is 15.2. The number of aliphatic carboxylic acids is 1. The highest BCUT2D eigenvalue weighted by molar-refractivity contribution is 5.90. The predicted molar refractivity (Wildman–Crippen MR) is 72.5 cm³/mol. The molecule has 0 aromatic heterocycles. The van der Waals surface area contributed by atoms with Crippen LogP contribution in [0.25, 0.3) is 0 Å². The molecule has 0 saturated heterocycles. The molecule has 1 aromatic rings. The van der Waals surface area contributed by atoms with Gasteiger partial charge in [-0.25, -0.2) is 4.79 Å². The van der Waals surface area contributed by atoms with Crippen molar-refractivity contribution in [2.24, 2.45) is 5.73 Å². The Bertz CT molecular complexity index is 441. The second-order valence-corrected chi connectivity index (χ2v) is 4.52. The van der Waals surface area contributed by atoms with E-state index in [-0.39, 0.29) is 0 Å². The van der Waals surface area contributed by atoms with Gasteiger partial charge in [0.1, 0.15) is 0 Å². The van der Waals surface area contributed by atoms with E-state index >= 15 is 0 Å². The summed E-state index contributed by atoms with van der Waals surface area (Å²) in [4.78, 5) is 23.4. The summed E-state index contributed by atoms with van der Waals surface area (Å²) in [7, 11) is 0. The fourth-order valence-electron chi connectivity index (χ4n) is 1.78. The summed E-state index contributed by atoms with van der Waals surface area (Å²) < 4.78 is 0. The molecule has 0 bridgehead atoms. The van der Waals surface area contributed by atoms with Gasteiger partial charge in [-0.15, -0.1) is 0 Å². The minimum atomic E-state index is -1.10. The van der Waals surface area contributed by atoms with E-state index in [0.29, 0.717) is 18.4 Å². The smallest absolute Gasteiger partial charge is 0.330 e. The lowest BCUT2D eigenvalue weighted by atomic mass is 9.92. The normalized spacial score (nSPS) is 12.8. The van der Waals surface area contributed by atoms with Crippen molar-refractivity contribution in [3.05, 3.63) is 35.9 Å². The number of nitrogens with two attached hydrogens (primary N) is 1. The maximum atomic E-state index is 12.1. The topological polar surface area (TPSA) is 92.4 Å². The van der Waals surface area contributed by atoms with Crippen LogP contribution in [0.3, 0.4) is 0 Å². The van der Waals surface area contributed by atoms with E-state index in [2.05, 4.69) is 5.32 Å². The Kier molecular flexibility index (Phi) is 5.06. The van der Waals surface area contributed by atoms with Gasteiger partial charge in [-0.05, 0) is 18.4 Å². The van der Waals surface area contributed by atoms with Crippen molar-refractivity contribution in [1.82, 2.24) is 5.32 Å². The van der Waals surface area contributed by atoms with Crippen LogP contribution < -0.4 is 11.1 Å². The minimum absolute atomic E-state index is 0.436. The summed E-state index contributed by atoms with van der Waals surface area (Å²) >= 11 is 0. The van der Waals surface area contributed by atoms with Crippen LogP contribution >= 0.6 is 0 Å². The Balaban J connectivity index is 2.93. The molecular weight excluding hydrogens is 244 g/mol. The molecule has 0 saturated carbocycles. The van der Waals surface area contributed by atoms with Gasteiger partial charge in [0.05, 0.1) is 5.54 Å². The highest BCUT2D eigenvalue weighted by atomic mass is 16.4. The van der Waals surface area contributed by atoms with E-state index < -0.39 is 23.5 Å². The zero-order valence-corrected chi connectivity index (χ0v) is 11.2. The number of hydrogen-bond donors (Lipinski definition) is 3. The van der Waals surface area contributed by atoms with Crippen LogP contribution in [0.4, 0.5) is 0 Å². The Morgan fingerprint density at radius 1 is 1.26 bits per heavy atom. The summed E-state index contributed by atoms with van der Waals surface area (Å²) in [6.07, 6.45) is 0.910. The number of rotatable bonds is 6. The average molecular weight is 264 g/mol. The van der Waals surface area contributed by atoms with Gasteiger partial charge in [-0.3, -0.25) is 4.79 Å². The van der Waals surface area contributed by atoms with Gasteiger partial charge >= 0.3 is 5.97 Å². The third kappa shape index (κ3) is 3.54. The van der Waals surface area contributed by atoms with Gasteiger partial charge in [0, 0.05) is 0 Å². The van der Waals surface area contributed by atoms with Gasteiger partial charge in [0.15, 0.2) is 6.04 Å². The average Bonchev–Trinajstić information content (AvgIpc) is 2.44. The summed E-state index contributed by atoms with van der Waals surface area (Å²) in [6, 6.07) is 7.49. The third-order valence-corrected chi connectivity index (χ3v) is 3.37. The van der Waals surface area contributed by atoms with E-state index in [4.69, 9.17) is 5.73 Å². The Labute approximate surface area is 112 Å². The number of hydrogen-bond acceptors (Lipinski definition) is 3. The lowest BCUT2D eigenvalue weighted by molar-refractivity contribution is -0.143. The molecule has 19 heavy (non-hydrogen) atoms. The lowest BCUT2D eigenvalue weighted by Gasteiger charge is -2.27. The molecule has 0 aliphatic carbocycles. The van der Waals surface area contributed by atoms with E-state index in [9.17, 15) is 14.7 Å². The van der Waals surface area contributed by atoms with E-state index in [1.54, 1.807) is 44.2 Å². The first-order chi connectivity index (χ1) is 8.94. The number of nitrogens with one attached hydrogen (secondary N) is 1. The van der Waals surface area contributed by atoms with Gasteiger partial charge in [0.25, 0.3) is 0 Å². The number of carboxylic acids is 1. The number of carboxylic acid groups (broad SMARTS) is 1. The van der Waals surface area contributed by atoms with Gasteiger partial charge in [0.2, 0.25) is 5.91 Å². The van der Waals surface area contributed by atoms with Crippen LogP contribution in [-0.4, -0.2) is 22.5 Å². The van der Waals surface area contributed by atoms with E-state index in [1.807, 2.05) is 0 Å². The van der Waals surface area contributed by atoms with Crippen LogP contribution in [0.1, 0.15) is 38.3 Å². The molecule has 0 aliphatic heterocycles. The highest BCUT2D eigenvalue weighted by Crippen LogP contribution is 2.17. The Morgan fingerprint density at radius 3 is 2.21 bits per heavy atom. The molecule has 1 amide bonds. The molecule has 0 fully saturated rings. The molecule has 1 atom stereocenters. The summed E-state index contributed by atoms with van der Waals surface area (Å²) in [6.45, 7) is 3.61. The van der Waals surface area contributed by atoms with Crippen LogP contribution in [0.5, 0.6) is 0 Å². The highest BCUT2D eigenvalue weighted by Gasteiger charge is 2.33. The van der Waals surface area contributed by atoms with Crippen molar-refractivity contribution in [3.63, 3.8) is 0 Å². The number of carbonyl (C=O) groups excluding carboxylic acids is 1. The van der Waals surface area contributed by atoms with Crippen molar-refractivity contribution in [2.45, 2.75) is 38.3 Å². The SMILES string of the molecule is CCC(N)(CC)C(=O)N[C@@H](C(=O)O)c1ccccc1. The number of benzene rings is 1. The molecule has 0 spiro atoms. The predicted octanol–water partition coefficient (Wildman–Crippen LogP) is 1.45. The molecular formula is C14H20N2O3. The molecule has 104 valence electrons. The lowest BCUT2D eigenvalue weighted by Crippen LogP contribution is -2.54. The van der Waals surface area contributed by atoms with Crippen molar-refractivity contribution in [1.29, 1.82) is 0 Å². The van der Waals surface area contributed by atoms with Crippen LogP contribution in [0.15, 0.2) is 30.3 Å². The Hall–Kier alpha value is -1.88. The molecule has 5 nitrogen and oxygen atoms in total. The van der Waals surface area contributed by atoms with Gasteiger partial charge < -0.3 is 16.2 Å². The molecule has 4 N–H and O–H groups in total. The molecule has 1 rings (SSSR count). The first-order valence-electron chi connectivity index (χ1n) is 6.32. The van der Waals surface area contributed by atoms with E-state index in [0.717, 1.165) is 0 Å². The van der Waals surface area contributed by atoms with Crippen LogP contribution in [0.2, 0.25) is 0 Å². The first-order valence-corrected chi connectivity index (χ1v) is 6.32.